The van der Waals surface area contributed by atoms with Gasteiger partial charge in [0, 0.05) is 18.3 Å². The van der Waals surface area contributed by atoms with Crippen LogP contribution < -0.4 is 10.1 Å². The molecule has 1 aromatic heterocycles. The van der Waals surface area contributed by atoms with E-state index in [9.17, 15) is 0 Å². The monoisotopic (exact) mass is 195 g/mol. The van der Waals surface area contributed by atoms with Crippen LogP contribution in [0.4, 0.5) is 0 Å². The van der Waals surface area contributed by atoms with Crippen LogP contribution in [0.2, 0.25) is 0 Å². The van der Waals surface area contributed by atoms with E-state index in [2.05, 4.69) is 29.1 Å². The van der Waals surface area contributed by atoms with E-state index in [1.807, 2.05) is 7.05 Å². The molecule has 0 saturated carbocycles. The second-order valence-corrected chi connectivity index (χ2v) is 3.59. The molecule has 0 aliphatic rings. The molecular formula is C10H17N3O. The third kappa shape index (κ3) is 3.30. The maximum atomic E-state index is 5.56. The van der Waals surface area contributed by atoms with Gasteiger partial charge in [-0.1, -0.05) is 13.8 Å². The lowest BCUT2D eigenvalue weighted by molar-refractivity contribution is 0.257. The van der Waals surface area contributed by atoms with Crippen LogP contribution in [0.25, 0.3) is 0 Å². The van der Waals surface area contributed by atoms with Crippen LogP contribution in [-0.2, 0) is 6.54 Å². The predicted octanol–water partition coefficient (Wildman–Crippen LogP) is 1.23. The van der Waals surface area contributed by atoms with Crippen molar-refractivity contribution in [2.45, 2.75) is 20.4 Å². The summed E-state index contributed by atoms with van der Waals surface area (Å²) in [5, 5.41) is 3.05. The largest absolute Gasteiger partial charge is 0.477 e. The van der Waals surface area contributed by atoms with E-state index in [0.29, 0.717) is 18.4 Å². The van der Waals surface area contributed by atoms with Gasteiger partial charge in [-0.3, -0.25) is 0 Å². The molecule has 4 heteroatoms. The summed E-state index contributed by atoms with van der Waals surface area (Å²) in [6.45, 7) is 5.64. The molecule has 0 amide bonds. The molecule has 0 unspecified atom stereocenters. The molecule has 0 aliphatic heterocycles. The summed E-state index contributed by atoms with van der Waals surface area (Å²) in [5.74, 6) is 1.19. The van der Waals surface area contributed by atoms with Crippen LogP contribution in [0.1, 0.15) is 19.4 Å². The maximum absolute atomic E-state index is 5.56. The van der Waals surface area contributed by atoms with Gasteiger partial charge < -0.3 is 10.1 Å². The van der Waals surface area contributed by atoms with Gasteiger partial charge in [0.05, 0.1) is 6.61 Å². The number of rotatable bonds is 5. The zero-order chi connectivity index (χ0) is 10.4. The Bertz CT molecular complexity index is 276. The number of nitrogens with zero attached hydrogens (tertiary/aromatic N) is 2. The lowest BCUT2D eigenvalue weighted by Crippen LogP contribution is -2.11. The Kier molecular flexibility index (Phi) is 4.32. The first-order valence-corrected chi connectivity index (χ1v) is 4.80. The molecule has 1 rings (SSSR count). The summed E-state index contributed by atoms with van der Waals surface area (Å²) in [7, 11) is 1.89. The Balaban J connectivity index is 2.64. The topological polar surface area (TPSA) is 47.0 Å². The summed E-state index contributed by atoms with van der Waals surface area (Å²) in [4.78, 5) is 8.06. The summed E-state index contributed by atoms with van der Waals surface area (Å²) in [6, 6.07) is 0. The molecule has 1 heterocycles. The molecule has 0 fully saturated rings. The quantitative estimate of drug-likeness (QED) is 0.767. The Hall–Kier alpha value is -1.16. The van der Waals surface area contributed by atoms with Crippen molar-refractivity contribution in [1.82, 2.24) is 15.3 Å². The molecule has 1 N–H and O–H groups in total. The highest BCUT2D eigenvalue weighted by Gasteiger charge is 2.04. The van der Waals surface area contributed by atoms with Crippen molar-refractivity contribution in [1.29, 1.82) is 0 Å². The van der Waals surface area contributed by atoms with E-state index in [0.717, 1.165) is 12.1 Å². The molecular weight excluding hydrogens is 178 g/mol. The molecule has 78 valence electrons. The third-order valence-corrected chi connectivity index (χ3v) is 1.67. The Morgan fingerprint density at radius 1 is 1.50 bits per heavy atom. The van der Waals surface area contributed by atoms with Crippen molar-refractivity contribution in [3.8, 4) is 5.88 Å². The highest BCUT2D eigenvalue weighted by molar-refractivity contribution is 5.21. The minimum absolute atomic E-state index is 0.507. The SMILES string of the molecule is CNCc1cncnc1OCC(C)C. The first-order valence-electron chi connectivity index (χ1n) is 4.80. The highest BCUT2D eigenvalue weighted by Crippen LogP contribution is 2.13. The van der Waals surface area contributed by atoms with Gasteiger partial charge in [0.2, 0.25) is 5.88 Å². The molecule has 0 aliphatic carbocycles. The van der Waals surface area contributed by atoms with Crippen LogP contribution in [0, 0.1) is 5.92 Å². The van der Waals surface area contributed by atoms with E-state index in [-0.39, 0.29) is 0 Å². The van der Waals surface area contributed by atoms with Crippen molar-refractivity contribution in [2.24, 2.45) is 5.92 Å². The second kappa shape index (κ2) is 5.54. The first-order chi connectivity index (χ1) is 6.74. The second-order valence-electron chi connectivity index (χ2n) is 3.59. The summed E-state index contributed by atoms with van der Waals surface area (Å²) >= 11 is 0. The van der Waals surface area contributed by atoms with E-state index >= 15 is 0 Å². The van der Waals surface area contributed by atoms with Gasteiger partial charge in [0.15, 0.2) is 0 Å². The fourth-order valence-corrected chi connectivity index (χ4v) is 1.03. The fraction of sp³-hybridized carbons (Fsp3) is 0.600. The summed E-state index contributed by atoms with van der Waals surface area (Å²) in [5.41, 5.74) is 0.996. The lowest BCUT2D eigenvalue weighted by atomic mass is 10.2. The number of hydrogen-bond donors (Lipinski definition) is 1. The van der Waals surface area contributed by atoms with Crippen molar-refractivity contribution >= 4 is 0 Å². The van der Waals surface area contributed by atoms with Crippen LogP contribution >= 0.6 is 0 Å². The molecule has 14 heavy (non-hydrogen) atoms. The van der Waals surface area contributed by atoms with Crippen LogP contribution in [0.15, 0.2) is 12.5 Å². The Morgan fingerprint density at radius 3 is 2.93 bits per heavy atom. The highest BCUT2D eigenvalue weighted by atomic mass is 16.5. The van der Waals surface area contributed by atoms with Gasteiger partial charge in [-0.2, -0.15) is 0 Å². The normalized spacial score (nSPS) is 10.6. The summed E-state index contributed by atoms with van der Waals surface area (Å²) in [6.07, 6.45) is 3.29. The summed E-state index contributed by atoms with van der Waals surface area (Å²) < 4.78 is 5.56. The molecule has 0 atom stereocenters. The van der Waals surface area contributed by atoms with E-state index in [1.165, 1.54) is 6.33 Å². The van der Waals surface area contributed by atoms with Gasteiger partial charge in [-0.05, 0) is 13.0 Å². The molecule has 0 bridgehead atoms. The molecule has 1 aromatic rings. The molecule has 0 radical (unpaired) electrons. The van der Waals surface area contributed by atoms with Gasteiger partial charge in [-0.15, -0.1) is 0 Å². The van der Waals surface area contributed by atoms with Crippen molar-refractivity contribution in [2.75, 3.05) is 13.7 Å². The minimum atomic E-state index is 0.507. The average molecular weight is 195 g/mol. The fourth-order valence-electron chi connectivity index (χ4n) is 1.03. The maximum Gasteiger partial charge on any atom is 0.220 e. The molecule has 0 spiro atoms. The third-order valence-electron chi connectivity index (χ3n) is 1.67. The van der Waals surface area contributed by atoms with E-state index < -0.39 is 0 Å². The lowest BCUT2D eigenvalue weighted by Gasteiger charge is -2.10. The molecule has 0 aromatic carbocycles. The first kappa shape index (κ1) is 10.9. The molecule has 0 saturated heterocycles. The van der Waals surface area contributed by atoms with Crippen LogP contribution in [-0.4, -0.2) is 23.6 Å². The number of nitrogens with one attached hydrogen (secondary N) is 1. The minimum Gasteiger partial charge on any atom is -0.477 e. The van der Waals surface area contributed by atoms with Gasteiger partial charge in [0.1, 0.15) is 6.33 Å². The van der Waals surface area contributed by atoms with Gasteiger partial charge in [-0.25, -0.2) is 9.97 Å². The molecule has 4 nitrogen and oxygen atoms in total. The van der Waals surface area contributed by atoms with Gasteiger partial charge in [0.25, 0.3) is 0 Å². The zero-order valence-corrected chi connectivity index (χ0v) is 8.95. The van der Waals surface area contributed by atoms with E-state index in [1.54, 1.807) is 6.20 Å². The van der Waals surface area contributed by atoms with Crippen molar-refractivity contribution < 1.29 is 4.74 Å². The van der Waals surface area contributed by atoms with Crippen molar-refractivity contribution in [3.05, 3.63) is 18.1 Å². The zero-order valence-electron chi connectivity index (χ0n) is 8.95. The Morgan fingerprint density at radius 2 is 2.29 bits per heavy atom. The Labute approximate surface area is 84.7 Å². The van der Waals surface area contributed by atoms with Crippen LogP contribution in [0.3, 0.4) is 0 Å². The number of hydrogen-bond acceptors (Lipinski definition) is 4. The van der Waals surface area contributed by atoms with Crippen LogP contribution in [0.5, 0.6) is 5.88 Å². The smallest absolute Gasteiger partial charge is 0.220 e. The van der Waals surface area contributed by atoms with Crippen molar-refractivity contribution in [3.63, 3.8) is 0 Å². The van der Waals surface area contributed by atoms with Gasteiger partial charge >= 0.3 is 0 Å². The standard InChI is InChI=1S/C10H17N3O/c1-8(2)6-14-10-9(4-11-3)5-12-7-13-10/h5,7-8,11H,4,6H2,1-3H3. The number of aromatic nitrogens is 2. The predicted molar refractivity (Wildman–Crippen MR) is 55.1 cm³/mol. The average Bonchev–Trinajstić information content (AvgIpc) is 2.17. The van der Waals surface area contributed by atoms with E-state index in [4.69, 9.17) is 4.74 Å². The number of ether oxygens (including phenoxy) is 1.